The first-order chi connectivity index (χ1) is 11.2. The lowest BCUT2D eigenvalue weighted by Crippen LogP contribution is -2.37. The van der Waals surface area contributed by atoms with Crippen molar-refractivity contribution in [1.29, 1.82) is 0 Å². The number of nitrogens with one attached hydrogen (secondary N) is 2. The molecule has 0 bridgehead atoms. The fraction of sp³-hybridized carbons (Fsp3) is 0.529. The van der Waals surface area contributed by atoms with Gasteiger partial charge in [0.15, 0.2) is 12.6 Å². The average molecular weight is 449 g/mol. The smallest absolute Gasteiger partial charge is 0.344 e. The van der Waals surface area contributed by atoms with E-state index in [1.165, 1.54) is 5.56 Å². The first-order valence-electron chi connectivity index (χ1n) is 8.09. The Morgan fingerprint density at radius 1 is 1.08 bits per heavy atom. The monoisotopic (exact) mass is 449 g/mol. The molecule has 2 N–H and O–H groups in total. The summed E-state index contributed by atoms with van der Waals surface area (Å²) in [6.45, 7) is 8.56. The second-order valence-corrected chi connectivity index (χ2v) is 4.78. The summed E-state index contributed by atoms with van der Waals surface area (Å²) < 4.78 is 10.2. The highest BCUT2D eigenvalue weighted by Gasteiger charge is 2.03. The molecule has 24 heavy (non-hydrogen) atoms. The molecule has 0 aliphatic carbocycles. The Hall–Kier alpha value is -1.51. The van der Waals surface area contributed by atoms with Gasteiger partial charge in [0.25, 0.3) is 0 Å². The summed E-state index contributed by atoms with van der Waals surface area (Å²) >= 11 is 0. The lowest BCUT2D eigenvalue weighted by atomic mass is 10.1. The van der Waals surface area contributed by atoms with Crippen LogP contribution in [-0.4, -0.2) is 44.8 Å². The second-order valence-electron chi connectivity index (χ2n) is 4.78. The fourth-order valence-electron chi connectivity index (χ4n) is 1.90. The number of rotatable bonds is 9. The topological polar surface area (TPSA) is 72.0 Å². The van der Waals surface area contributed by atoms with Gasteiger partial charge in [-0.1, -0.05) is 12.1 Å². The quantitative estimate of drug-likeness (QED) is 0.262. The molecule has 0 unspecified atom stereocenters. The van der Waals surface area contributed by atoms with Crippen LogP contribution in [0.1, 0.15) is 26.3 Å². The van der Waals surface area contributed by atoms with E-state index in [1.807, 2.05) is 38.1 Å². The van der Waals surface area contributed by atoms with Crippen LogP contribution in [0, 0.1) is 0 Å². The van der Waals surface area contributed by atoms with Gasteiger partial charge in [0.05, 0.1) is 6.61 Å². The van der Waals surface area contributed by atoms with Crippen molar-refractivity contribution in [1.82, 2.24) is 10.6 Å². The number of esters is 1. The standard InChI is InChI=1S/C17H27N3O3.HI/c1-4-18-17(19-5-2)20-12-11-14-7-9-15(10-8-14)23-13-16(21)22-6-3;/h7-10H,4-6,11-13H2,1-3H3,(H2,18,19,20);1H. The van der Waals surface area contributed by atoms with Crippen LogP contribution in [-0.2, 0) is 16.0 Å². The molecule has 0 amide bonds. The molecule has 0 saturated carbocycles. The van der Waals surface area contributed by atoms with Crippen LogP contribution in [0.15, 0.2) is 29.3 Å². The van der Waals surface area contributed by atoms with Crippen LogP contribution < -0.4 is 15.4 Å². The maximum atomic E-state index is 11.2. The van der Waals surface area contributed by atoms with Gasteiger partial charge in [-0.05, 0) is 44.9 Å². The van der Waals surface area contributed by atoms with Crippen LogP contribution in [0.3, 0.4) is 0 Å². The highest BCUT2D eigenvalue weighted by Crippen LogP contribution is 2.12. The van der Waals surface area contributed by atoms with E-state index in [9.17, 15) is 4.79 Å². The van der Waals surface area contributed by atoms with Gasteiger partial charge in [0.1, 0.15) is 5.75 Å². The van der Waals surface area contributed by atoms with Crippen LogP contribution in [0.4, 0.5) is 0 Å². The zero-order valence-corrected chi connectivity index (χ0v) is 17.0. The number of carbonyl (C=O) groups excluding carboxylic acids is 1. The molecule has 1 aromatic rings. The van der Waals surface area contributed by atoms with Gasteiger partial charge in [-0.15, -0.1) is 24.0 Å². The number of aliphatic imine (C=N–C) groups is 1. The van der Waals surface area contributed by atoms with Crippen molar-refractivity contribution < 1.29 is 14.3 Å². The molecule has 0 atom stereocenters. The zero-order chi connectivity index (χ0) is 16.9. The number of benzene rings is 1. The van der Waals surface area contributed by atoms with E-state index >= 15 is 0 Å². The second kappa shape index (κ2) is 13.9. The lowest BCUT2D eigenvalue weighted by molar-refractivity contribution is -0.145. The van der Waals surface area contributed by atoms with E-state index in [2.05, 4.69) is 15.6 Å². The number of halogens is 1. The predicted octanol–water partition coefficient (Wildman–Crippen LogP) is 2.36. The Balaban J connectivity index is 0.00000529. The van der Waals surface area contributed by atoms with Crippen LogP contribution in [0.5, 0.6) is 5.75 Å². The van der Waals surface area contributed by atoms with E-state index in [4.69, 9.17) is 9.47 Å². The molecule has 0 aliphatic rings. The van der Waals surface area contributed by atoms with Crippen LogP contribution >= 0.6 is 24.0 Å². The molecule has 136 valence electrons. The van der Waals surface area contributed by atoms with Crippen molar-refractivity contribution in [3.05, 3.63) is 29.8 Å². The van der Waals surface area contributed by atoms with Crippen molar-refractivity contribution in [3.8, 4) is 5.75 Å². The third kappa shape index (κ3) is 9.59. The molecule has 1 rings (SSSR count). The molecule has 0 spiro atoms. The van der Waals surface area contributed by atoms with Crippen molar-refractivity contribution in [2.75, 3.05) is 32.8 Å². The first-order valence-corrected chi connectivity index (χ1v) is 8.09. The lowest BCUT2D eigenvalue weighted by Gasteiger charge is -2.09. The van der Waals surface area contributed by atoms with E-state index in [0.717, 1.165) is 25.5 Å². The van der Waals surface area contributed by atoms with Crippen molar-refractivity contribution in [2.45, 2.75) is 27.2 Å². The molecule has 6 nitrogen and oxygen atoms in total. The maximum absolute atomic E-state index is 11.2. The molecule has 0 radical (unpaired) electrons. The first kappa shape index (κ1) is 22.5. The largest absolute Gasteiger partial charge is 0.482 e. The summed E-state index contributed by atoms with van der Waals surface area (Å²) in [6, 6.07) is 7.67. The summed E-state index contributed by atoms with van der Waals surface area (Å²) in [4.78, 5) is 15.7. The number of hydrogen-bond donors (Lipinski definition) is 2. The minimum absolute atomic E-state index is 0. The van der Waals surface area contributed by atoms with Gasteiger partial charge in [0.2, 0.25) is 0 Å². The maximum Gasteiger partial charge on any atom is 0.344 e. The third-order valence-corrected chi connectivity index (χ3v) is 2.94. The van der Waals surface area contributed by atoms with Gasteiger partial charge in [0, 0.05) is 19.6 Å². The normalized spacial score (nSPS) is 9.46. The number of nitrogens with zero attached hydrogens (tertiary/aromatic N) is 1. The third-order valence-electron chi connectivity index (χ3n) is 2.94. The summed E-state index contributed by atoms with van der Waals surface area (Å²) in [7, 11) is 0. The Kier molecular flexibility index (Phi) is 13.0. The number of guanidine groups is 1. The number of hydrogen-bond acceptors (Lipinski definition) is 4. The molecule has 0 aliphatic heterocycles. The van der Waals surface area contributed by atoms with Gasteiger partial charge < -0.3 is 20.1 Å². The molecule has 0 saturated heterocycles. The minimum Gasteiger partial charge on any atom is -0.482 e. The van der Waals surface area contributed by atoms with Crippen molar-refractivity contribution >= 4 is 35.9 Å². The van der Waals surface area contributed by atoms with Gasteiger partial charge >= 0.3 is 5.97 Å². The van der Waals surface area contributed by atoms with Gasteiger partial charge in [-0.2, -0.15) is 0 Å². The molecule has 0 heterocycles. The highest BCUT2D eigenvalue weighted by molar-refractivity contribution is 14.0. The van der Waals surface area contributed by atoms with Crippen LogP contribution in [0.2, 0.25) is 0 Å². The average Bonchev–Trinajstić information content (AvgIpc) is 2.55. The van der Waals surface area contributed by atoms with Crippen LogP contribution in [0.25, 0.3) is 0 Å². The van der Waals surface area contributed by atoms with Crippen molar-refractivity contribution in [3.63, 3.8) is 0 Å². The van der Waals surface area contributed by atoms with E-state index in [-0.39, 0.29) is 36.6 Å². The SMILES string of the molecule is CCNC(=NCCc1ccc(OCC(=O)OCC)cc1)NCC.I. The molecular weight excluding hydrogens is 421 g/mol. The van der Waals surface area contributed by atoms with Crippen molar-refractivity contribution in [2.24, 2.45) is 4.99 Å². The summed E-state index contributed by atoms with van der Waals surface area (Å²) in [5, 5.41) is 6.38. The summed E-state index contributed by atoms with van der Waals surface area (Å²) in [6.07, 6.45) is 0.846. The Bertz CT molecular complexity index is 484. The highest BCUT2D eigenvalue weighted by atomic mass is 127. The molecule has 1 aromatic carbocycles. The number of ether oxygens (including phenoxy) is 2. The number of carbonyl (C=O) groups is 1. The summed E-state index contributed by atoms with van der Waals surface area (Å²) in [5.74, 6) is 1.14. The fourth-order valence-corrected chi connectivity index (χ4v) is 1.90. The van der Waals surface area contributed by atoms with Gasteiger partial charge in [-0.25, -0.2) is 4.79 Å². The minimum atomic E-state index is -0.356. The Morgan fingerprint density at radius 2 is 1.71 bits per heavy atom. The Morgan fingerprint density at radius 3 is 2.25 bits per heavy atom. The summed E-state index contributed by atoms with van der Waals surface area (Å²) in [5.41, 5.74) is 1.17. The van der Waals surface area contributed by atoms with E-state index in [0.29, 0.717) is 18.9 Å². The Labute approximate surface area is 161 Å². The zero-order valence-electron chi connectivity index (χ0n) is 14.6. The predicted molar refractivity (Wildman–Crippen MR) is 107 cm³/mol. The van der Waals surface area contributed by atoms with Gasteiger partial charge in [-0.3, -0.25) is 4.99 Å². The molecule has 0 fully saturated rings. The van der Waals surface area contributed by atoms with E-state index in [1.54, 1.807) is 6.92 Å². The molecule has 7 heteroatoms. The van der Waals surface area contributed by atoms with E-state index < -0.39 is 0 Å². The molecular formula is C17H28IN3O3. The molecule has 0 aromatic heterocycles.